The van der Waals surface area contributed by atoms with E-state index in [0.29, 0.717) is 12.0 Å². The number of rotatable bonds is 4. The summed E-state index contributed by atoms with van der Waals surface area (Å²) in [5.41, 5.74) is 4.08. The highest BCUT2D eigenvalue weighted by Crippen LogP contribution is 2.33. The SMILES string of the molecule is Cc1cnc(C2CCOCC2)n1C1CCN(Cc2ccc3c(c2)CCO3)C1. The molecule has 144 valence electrons. The van der Waals surface area contributed by atoms with Crippen LogP contribution in [0.3, 0.4) is 0 Å². The zero-order chi connectivity index (χ0) is 18.2. The summed E-state index contributed by atoms with van der Waals surface area (Å²) in [5.74, 6) is 2.92. The molecular weight excluding hydrogens is 338 g/mol. The van der Waals surface area contributed by atoms with Crippen LogP contribution in [0.4, 0.5) is 0 Å². The topological polar surface area (TPSA) is 39.5 Å². The normalized spacial score (nSPS) is 23.5. The van der Waals surface area contributed by atoms with E-state index in [9.17, 15) is 0 Å². The third-order valence-corrected chi connectivity index (χ3v) is 6.37. The van der Waals surface area contributed by atoms with Gasteiger partial charge in [-0.2, -0.15) is 0 Å². The van der Waals surface area contributed by atoms with Gasteiger partial charge in [-0.05, 0) is 43.4 Å². The van der Waals surface area contributed by atoms with Gasteiger partial charge in [0.15, 0.2) is 0 Å². The molecule has 5 nitrogen and oxygen atoms in total. The number of fused-ring (bicyclic) bond motifs is 1. The molecule has 0 bridgehead atoms. The Morgan fingerprint density at radius 3 is 2.93 bits per heavy atom. The Labute approximate surface area is 161 Å². The maximum Gasteiger partial charge on any atom is 0.122 e. The van der Waals surface area contributed by atoms with Crippen LogP contribution in [0.25, 0.3) is 0 Å². The molecule has 5 rings (SSSR count). The minimum absolute atomic E-state index is 0.545. The molecule has 27 heavy (non-hydrogen) atoms. The second-order valence-electron chi connectivity index (χ2n) is 8.23. The maximum absolute atomic E-state index is 5.64. The molecule has 3 aliphatic heterocycles. The first-order chi connectivity index (χ1) is 13.3. The molecule has 1 aromatic carbocycles. The number of hydrogen-bond acceptors (Lipinski definition) is 4. The van der Waals surface area contributed by atoms with Crippen molar-refractivity contribution in [3.05, 3.63) is 47.0 Å². The molecule has 5 heteroatoms. The fourth-order valence-corrected chi connectivity index (χ4v) is 4.96. The van der Waals surface area contributed by atoms with Crippen LogP contribution in [0.15, 0.2) is 24.4 Å². The van der Waals surface area contributed by atoms with Crippen molar-refractivity contribution >= 4 is 0 Å². The zero-order valence-corrected chi connectivity index (χ0v) is 16.2. The van der Waals surface area contributed by atoms with E-state index >= 15 is 0 Å². The average molecular weight is 367 g/mol. The lowest BCUT2D eigenvalue weighted by molar-refractivity contribution is 0.0824. The predicted molar refractivity (Wildman–Crippen MR) is 104 cm³/mol. The Morgan fingerprint density at radius 2 is 2.04 bits per heavy atom. The monoisotopic (exact) mass is 367 g/mol. The van der Waals surface area contributed by atoms with Crippen LogP contribution < -0.4 is 4.74 Å². The summed E-state index contributed by atoms with van der Waals surface area (Å²) >= 11 is 0. The van der Waals surface area contributed by atoms with Crippen LogP contribution in [0.1, 0.15) is 53.9 Å². The molecule has 0 radical (unpaired) electrons. The lowest BCUT2D eigenvalue weighted by Crippen LogP contribution is -2.24. The third kappa shape index (κ3) is 3.39. The number of nitrogens with zero attached hydrogens (tertiary/aromatic N) is 3. The maximum atomic E-state index is 5.64. The molecule has 0 amide bonds. The summed E-state index contributed by atoms with van der Waals surface area (Å²) < 4.78 is 13.7. The molecule has 2 saturated heterocycles. The molecule has 3 aliphatic rings. The van der Waals surface area contributed by atoms with Crippen molar-refractivity contribution in [2.45, 2.75) is 51.1 Å². The Bertz CT molecular complexity index is 810. The fourth-order valence-electron chi connectivity index (χ4n) is 4.96. The second-order valence-corrected chi connectivity index (χ2v) is 8.23. The van der Waals surface area contributed by atoms with Crippen molar-refractivity contribution in [3.8, 4) is 5.75 Å². The Kier molecular flexibility index (Phi) is 4.66. The summed E-state index contributed by atoms with van der Waals surface area (Å²) in [7, 11) is 0. The van der Waals surface area contributed by atoms with E-state index in [1.54, 1.807) is 0 Å². The summed E-state index contributed by atoms with van der Waals surface area (Å²) in [6.07, 6.45) is 6.53. The molecule has 2 fully saturated rings. The van der Waals surface area contributed by atoms with Gasteiger partial charge in [0.1, 0.15) is 11.6 Å². The van der Waals surface area contributed by atoms with Gasteiger partial charge in [-0.1, -0.05) is 12.1 Å². The summed E-state index contributed by atoms with van der Waals surface area (Å²) in [5, 5.41) is 0. The van der Waals surface area contributed by atoms with Gasteiger partial charge < -0.3 is 14.0 Å². The number of aryl methyl sites for hydroxylation is 1. The molecular formula is C22H29N3O2. The van der Waals surface area contributed by atoms with Crippen molar-refractivity contribution < 1.29 is 9.47 Å². The number of likely N-dealkylation sites (tertiary alicyclic amines) is 1. The molecule has 4 heterocycles. The lowest BCUT2D eigenvalue weighted by Gasteiger charge is -2.26. The van der Waals surface area contributed by atoms with Gasteiger partial charge in [-0.25, -0.2) is 4.98 Å². The largest absolute Gasteiger partial charge is 0.493 e. The standard InChI is InChI=1S/C22H29N3O2/c1-16-13-23-22(18-5-9-26-10-6-18)25(16)20-4-8-24(15-20)14-17-2-3-21-19(12-17)7-11-27-21/h2-3,12-13,18,20H,4-11,14-15H2,1H3. The first kappa shape index (κ1) is 17.3. The third-order valence-electron chi connectivity index (χ3n) is 6.37. The van der Waals surface area contributed by atoms with Crippen molar-refractivity contribution in [2.75, 3.05) is 32.9 Å². The Morgan fingerprint density at radius 1 is 1.15 bits per heavy atom. The van der Waals surface area contributed by atoms with E-state index in [0.717, 1.165) is 64.5 Å². The quantitative estimate of drug-likeness (QED) is 0.830. The van der Waals surface area contributed by atoms with Crippen LogP contribution in [0, 0.1) is 6.92 Å². The molecule has 1 atom stereocenters. The second kappa shape index (κ2) is 7.28. The lowest BCUT2D eigenvalue weighted by atomic mass is 9.99. The highest BCUT2D eigenvalue weighted by Gasteiger charge is 2.30. The number of ether oxygens (including phenoxy) is 2. The number of imidazole rings is 1. The predicted octanol–water partition coefficient (Wildman–Crippen LogP) is 3.47. The Balaban J connectivity index is 1.29. The minimum atomic E-state index is 0.545. The van der Waals surface area contributed by atoms with Gasteiger partial charge >= 0.3 is 0 Å². The van der Waals surface area contributed by atoms with E-state index in [4.69, 9.17) is 14.5 Å². The summed E-state index contributed by atoms with van der Waals surface area (Å²) in [6, 6.07) is 7.26. The van der Waals surface area contributed by atoms with Crippen molar-refractivity contribution in [1.29, 1.82) is 0 Å². The number of benzene rings is 1. The minimum Gasteiger partial charge on any atom is -0.493 e. The number of hydrogen-bond donors (Lipinski definition) is 0. The van der Waals surface area contributed by atoms with Gasteiger partial charge in [0, 0.05) is 63.1 Å². The molecule has 0 aliphatic carbocycles. The van der Waals surface area contributed by atoms with E-state index in [2.05, 4.69) is 40.8 Å². The molecule has 1 aromatic heterocycles. The summed E-state index contributed by atoms with van der Waals surface area (Å²) in [4.78, 5) is 7.40. The van der Waals surface area contributed by atoms with Gasteiger partial charge in [-0.3, -0.25) is 4.90 Å². The van der Waals surface area contributed by atoms with Crippen LogP contribution in [-0.2, 0) is 17.7 Å². The van der Waals surface area contributed by atoms with Crippen LogP contribution >= 0.6 is 0 Å². The molecule has 0 N–H and O–H groups in total. The smallest absolute Gasteiger partial charge is 0.122 e. The molecule has 0 spiro atoms. The molecule has 0 saturated carbocycles. The average Bonchev–Trinajstić information content (AvgIpc) is 3.42. The molecule has 2 aromatic rings. The van der Waals surface area contributed by atoms with E-state index in [1.165, 1.54) is 29.1 Å². The van der Waals surface area contributed by atoms with Gasteiger partial charge in [0.05, 0.1) is 6.61 Å². The van der Waals surface area contributed by atoms with Crippen LogP contribution in [-0.4, -0.2) is 47.4 Å². The number of aromatic nitrogens is 2. The first-order valence-corrected chi connectivity index (χ1v) is 10.4. The first-order valence-electron chi connectivity index (χ1n) is 10.4. The highest BCUT2D eigenvalue weighted by molar-refractivity contribution is 5.39. The zero-order valence-electron chi connectivity index (χ0n) is 16.2. The van der Waals surface area contributed by atoms with Crippen LogP contribution in [0.2, 0.25) is 0 Å². The van der Waals surface area contributed by atoms with Crippen molar-refractivity contribution in [2.24, 2.45) is 0 Å². The van der Waals surface area contributed by atoms with Gasteiger partial charge in [0.2, 0.25) is 0 Å². The van der Waals surface area contributed by atoms with E-state index in [-0.39, 0.29) is 0 Å². The van der Waals surface area contributed by atoms with Crippen molar-refractivity contribution in [3.63, 3.8) is 0 Å². The summed E-state index contributed by atoms with van der Waals surface area (Å²) in [6.45, 7) is 8.08. The van der Waals surface area contributed by atoms with E-state index in [1.807, 2.05) is 0 Å². The van der Waals surface area contributed by atoms with Gasteiger partial charge in [0.25, 0.3) is 0 Å². The highest BCUT2D eigenvalue weighted by atomic mass is 16.5. The molecule has 1 unspecified atom stereocenters. The Hall–Kier alpha value is -1.85. The van der Waals surface area contributed by atoms with Crippen LogP contribution in [0.5, 0.6) is 5.75 Å². The van der Waals surface area contributed by atoms with Gasteiger partial charge in [-0.15, -0.1) is 0 Å². The van der Waals surface area contributed by atoms with E-state index < -0.39 is 0 Å². The fraction of sp³-hybridized carbons (Fsp3) is 0.591. The van der Waals surface area contributed by atoms with Crippen molar-refractivity contribution in [1.82, 2.24) is 14.5 Å².